The highest BCUT2D eigenvalue weighted by molar-refractivity contribution is 7.26. The van der Waals surface area contributed by atoms with E-state index in [1.54, 1.807) is 23.5 Å². The number of hydrogen-bond acceptors (Lipinski definition) is 2. The number of aromatic nitrogens is 2. The molecule has 0 unspecified atom stereocenters. The van der Waals surface area contributed by atoms with Gasteiger partial charge in [0, 0.05) is 36.9 Å². The van der Waals surface area contributed by atoms with Gasteiger partial charge in [0.15, 0.2) is 0 Å². The molecule has 0 amide bonds. The third-order valence-corrected chi connectivity index (χ3v) is 9.85. The van der Waals surface area contributed by atoms with E-state index in [9.17, 15) is 4.39 Å². The third-order valence-electron chi connectivity index (χ3n) is 8.65. The van der Waals surface area contributed by atoms with Crippen LogP contribution in [0.1, 0.15) is 0 Å². The van der Waals surface area contributed by atoms with Crippen molar-refractivity contribution in [3.8, 4) is 39.3 Å². The summed E-state index contributed by atoms with van der Waals surface area (Å²) in [4.78, 5) is 5.41. The molecule has 0 saturated carbocycles. The molecule has 0 saturated heterocycles. The van der Waals surface area contributed by atoms with E-state index in [4.69, 9.17) is 4.98 Å². The zero-order chi connectivity index (χ0) is 29.9. The molecule has 7 aromatic carbocycles. The topological polar surface area (TPSA) is 17.8 Å². The average molecular weight is 597 g/mol. The van der Waals surface area contributed by atoms with E-state index in [0.29, 0.717) is 0 Å². The fraction of sp³-hybridized carbons (Fsp3) is 0. The highest BCUT2D eigenvalue weighted by Crippen LogP contribution is 2.44. The lowest BCUT2D eigenvalue weighted by atomic mass is 9.95. The van der Waals surface area contributed by atoms with Crippen LogP contribution in [0.25, 0.3) is 81.3 Å². The van der Waals surface area contributed by atoms with Gasteiger partial charge in [0.25, 0.3) is 0 Å². The maximum atomic E-state index is 14.4. The zero-order valence-corrected chi connectivity index (χ0v) is 24.9. The summed E-state index contributed by atoms with van der Waals surface area (Å²) in [5.41, 5.74) is 8.57. The summed E-state index contributed by atoms with van der Waals surface area (Å²) in [5.74, 6) is 0.636. The molecule has 0 N–H and O–H groups in total. The Bertz CT molecular complexity index is 2490. The van der Waals surface area contributed by atoms with E-state index in [-0.39, 0.29) is 5.82 Å². The summed E-state index contributed by atoms with van der Waals surface area (Å²) in [7, 11) is 0. The Morgan fingerprint density at radius 2 is 1.16 bits per heavy atom. The lowest BCUT2D eigenvalue weighted by Crippen LogP contribution is -2.03. The lowest BCUT2D eigenvalue weighted by Gasteiger charge is -2.20. The van der Waals surface area contributed by atoms with E-state index in [0.717, 1.165) is 81.3 Å². The van der Waals surface area contributed by atoms with Crippen molar-refractivity contribution in [1.29, 1.82) is 0 Å². The predicted molar refractivity (Wildman–Crippen MR) is 188 cm³/mol. The van der Waals surface area contributed by atoms with E-state index in [1.807, 2.05) is 6.07 Å². The second-order valence-electron chi connectivity index (χ2n) is 11.3. The van der Waals surface area contributed by atoms with Gasteiger partial charge in [-0.2, -0.15) is 0 Å². The largest absolute Gasteiger partial charge is 0.291 e. The molecule has 2 nitrogen and oxygen atoms in total. The van der Waals surface area contributed by atoms with Crippen molar-refractivity contribution in [2.45, 2.75) is 0 Å². The van der Waals surface area contributed by atoms with Gasteiger partial charge in [-0.25, -0.2) is 9.37 Å². The van der Waals surface area contributed by atoms with Gasteiger partial charge in [0.1, 0.15) is 11.6 Å². The normalized spacial score (nSPS) is 11.7. The van der Waals surface area contributed by atoms with Gasteiger partial charge in [0.2, 0.25) is 0 Å². The zero-order valence-electron chi connectivity index (χ0n) is 24.1. The molecule has 9 rings (SSSR count). The minimum absolute atomic E-state index is 0.223. The number of rotatable bonds is 4. The molecule has 0 radical (unpaired) electrons. The monoisotopic (exact) mass is 596 g/mol. The molecule has 0 bridgehead atoms. The van der Waals surface area contributed by atoms with Crippen LogP contribution in [-0.2, 0) is 0 Å². The van der Waals surface area contributed by atoms with Crippen LogP contribution in [0.15, 0.2) is 152 Å². The van der Waals surface area contributed by atoms with Gasteiger partial charge in [0.05, 0.1) is 16.7 Å². The number of benzene rings is 7. The van der Waals surface area contributed by atoms with Crippen molar-refractivity contribution < 1.29 is 4.39 Å². The van der Waals surface area contributed by atoms with Gasteiger partial charge < -0.3 is 0 Å². The van der Waals surface area contributed by atoms with Crippen LogP contribution >= 0.6 is 11.3 Å². The van der Waals surface area contributed by atoms with Gasteiger partial charge in [-0.3, -0.25) is 4.57 Å². The Labute approximate surface area is 263 Å². The van der Waals surface area contributed by atoms with Gasteiger partial charge >= 0.3 is 0 Å². The first-order chi connectivity index (χ1) is 22.2. The molecule has 2 heterocycles. The Hall–Kier alpha value is -5.58. The average Bonchev–Trinajstić information content (AvgIpc) is 3.65. The molecule has 0 fully saturated rings. The molecule has 0 aliphatic rings. The maximum absolute atomic E-state index is 14.4. The second kappa shape index (κ2) is 10.3. The van der Waals surface area contributed by atoms with Crippen molar-refractivity contribution in [3.05, 3.63) is 157 Å². The quantitative estimate of drug-likeness (QED) is 0.198. The Morgan fingerprint density at radius 1 is 0.533 bits per heavy atom. The second-order valence-corrected chi connectivity index (χ2v) is 12.4. The van der Waals surface area contributed by atoms with Crippen LogP contribution in [0.4, 0.5) is 4.39 Å². The predicted octanol–water partition coefficient (Wildman–Crippen LogP) is 11.7. The molecule has 0 atom stereocenters. The SMILES string of the molecule is Fc1ccc2c(c1)sc1c(-c3nc4cc5ccccc5cc4n3-c3c(-c4ccccc4)cccc3-c3ccccc3)cccc12. The summed E-state index contributed by atoms with van der Waals surface area (Å²) >= 11 is 1.62. The number of hydrogen-bond donors (Lipinski definition) is 0. The van der Waals surface area contributed by atoms with Crippen LogP contribution in [0.5, 0.6) is 0 Å². The number of halogens is 1. The van der Waals surface area contributed by atoms with Crippen LogP contribution in [0, 0.1) is 5.82 Å². The van der Waals surface area contributed by atoms with Crippen LogP contribution in [-0.4, -0.2) is 9.55 Å². The standard InChI is InChI=1S/C41H25FN2S/c42-30-21-22-33-34-19-10-20-35(40(34)45-38(33)25-30)41-43-36-23-28-15-7-8-16-29(28)24-37(36)44(41)39-31(26-11-3-1-4-12-26)17-9-18-32(39)27-13-5-2-6-14-27/h1-25H. The first kappa shape index (κ1) is 25.9. The summed E-state index contributed by atoms with van der Waals surface area (Å²) in [6.07, 6.45) is 0. The van der Waals surface area contributed by atoms with Crippen molar-refractivity contribution in [1.82, 2.24) is 9.55 Å². The maximum Gasteiger partial charge on any atom is 0.147 e. The van der Waals surface area contributed by atoms with Gasteiger partial charge in [-0.05, 0) is 52.2 Å². The summed E-state index contributed by atoms with van der Waals surface area (Å²) < 4.78 is 18.7. The highest BCUT2D eigenvalue weighted by atomic mass is 32.1. The summed E-state index contributed by atoms with van der Waals surface area (Å²) in [6, 6.07) is 52.1. The van der Waals surface area contributed by atoms with Crippen LogP contribution in [0.3, 0.4) is 0 Å². The molecule has 2 aromatic heterocycles. The van der Waals surface area contributed by atoms with Gasteiger partial charge in [-0.1, -0.05) is 121 Å². The van der Waals surface area contributed by atoms with Crippen LogP contribution in [0.2, 0.25) is 0 Å². The number of para-hydroxylation sites is 1. The molecule has 45 heavy (non-hydrogen) atoms. The highest BCUT2D eigenvalue weighted by Gasteiger charge is 2.23. The first-order valence-electron chi connectivity index (χ1n) is 15.0. The molecule has 0 aliphatic carbocycles. The molecule has 0 spiro atoms. The number of nitrogens with zero attached hydrogens (tertiary/aromatic N) is 2. The summed E-state index contributed by atoms with van der Waals surface area (Å²) in [6.45, 7) is 0. The molecule has 4 heteroatoms. The van der Waals surface area contributed by atoms with Crippen LogP contribution < -0.4 is 0 Å². The fourth-order valence-corrected chi connectivity index (χ4v) is 7.84. The third kappa shape index (κ3) is 4.18. The fourth-order valence-electron chi connectivity index (χ4n) is 6.60. The van der Waals surface area contributed by atoms with Crippen molar-refractivity contribution >= 4 is 53.3 Å². The number of imidazole rings is 1. The smallest absolute Gasteiger partial charge is 0.147 e. The lowest BCUT2D eigenvalue weighted by molar-refractivity contribution is 0.630. The van der Waals surface area contributed by atoms with E-state index in [2.05, 4.69) is 138 Å². The molecular formula is C41H25FN2S. The summed E-state index contributed by atoms with van der Waals surface area (Å²) in [5, 5.41) is 4.47. The van der Waals surface area contributed by atoms with E-state index in [1.165, 1.54) is 0 Å². The Kier molecular flexibility index (Phi) is 5.90. The van der Waals surface area contributed by atoms with Gasteiger partial charge in [-0.15, -0.1) is 11.3 Å². The first-order valence-corrected chi connectivity index (χ1v) is 15.8. The minimum Gasteiger partial charge on any atom is -0.291 e. The molecule has 0 aliphatic heterocycles. The Morgan fingerprint density at radius 3 is 1.87 bits per heavy atom. The van der Waals surface area contributed by atoms with Crippen molar-refractivity contribution in [3.63, 3.8) is 0 Å². The Balaban J connectivity index is 1.46. The molecular weight excluding hydrogens is 572 g/mol. The minimum atomic E-state index is -0.223. The van der Waals surface area contributed by atoms with E-state index < -0.39 is 0 Å². The number of fused-ring (bicyclic) bond motifs is 5. The van der Waals surface area contributed by atoms with Crippen molar-refractivity contribution in [2.24, 2.45) is 0 Å². The molecule has 212 valence electrons. The van der Waals surface area contributed by atoms with E-state index >= 15 is 0 Å². The van der Waals surface area contributed by atoms with Crippen molar-refractivity contribution in [2.75, 3.05) is 0 Å². The number of thiophene rings is 1. The molecule has 9 aromatic rings.